The van der Waals surface area contributed by atoms with Gasteiger partial charge in [-0.25, -0.2) is 0 Å². The zero-order valence-electron chi connectivity index (χ0n) is 13.8. The van der Waals surface area contributed by atoms with Crippen LogP contribution in [0, 0.1) is 5.41 Å². The summed E-state index contributed by atoms with van der Waals surface area (Å²) in [5, 5.41) is 3.17. The minimum absolute atomic E-state index is 0.0250. The van der Waals surface area contributed by atoms with Crippen molar-refractivity contribution in [2.45, 2.75) is 26.3 Å². The van der Waals surface area contributed by atoms with Crippen molar-refractivity contribution in [3.63, 3.8) is 0 Å². The molecular weight excluding hydrogens is 264 g/mol. The maximum atomic E-state index is 12.5. The molecule has 1 aromatic rings. The van der Waals surface area contributed by atoms with Crippen molar-refractivity contribution in [3.8, 4) is 0 Å². The predicted octanol–water partition coefficient (Wildman–Crippen LogP) is 2.47. The molecule has 0 saturated heterocycles. The van der Waals surface area contributed by atoms with Crippen molar-refractivity contribution < 1.29 is 9.53 Å². The van der Waals surface area contributed by atoms with Crippen molar-refractivity contribution >= 4 is 5.91 Å². The monoisotopic (exact) mass is 292 g/mol. The van der Waals surface area contributed by atoms with E-state index < -0.39 is 5.41 Å². The fourth-order valence-electron chi connectivity index (χ4n) is 2.17. The highest BCUT2D eigenvalue weighted by molar-refractivity contribution is 5.82. The van der Waals surface area contributed by atoms with Crippen LogP contribution in [0.5, 0.6) is 0 Å². The quantitative estimate of drug-likeness (QED) is 0.800. The molecule has 1 rings (SSSR count). The van der Waals surface area contributed by atoms with Crippen molar-refractivity contribution in [2.75, 3.05) is 34.4 Å². The summed E-state index contributed by atoms with van der Waals surface area (Å²) in [6.07, 6.45) is 0.881. The lowest BCUT2D eigenvalue weighted by Crippen LogP contribution is -2.42. The molecule has 0 bridgehead atoms. The summed E-state index contributed by atoms with van der Waals surface area (Å²) in [4.78, 5) is 14.6. The second kappa shape index (κ2) is 8.15. The van der Waals surface area contributed by atoms with E-state index in [-0.39, 0.29) is 11.9 Å². The number of methoxy groups -OCH3 is 1. The number of nitrogens with zero attached hydrogens (tertiary/aromatic N) is 1. The van der Waals surface area contributed by atoms with Crippen LogP contribution >= 0.6 is 0 Å². The Morgan fingerprint density at radius 3 is 2.43 bits per heavy atom. The molecule has 0 aliphatic rings. The van der Waals surface area contributed by atoms with Crippen molar-refractivity contribution in [3.05, 3.63) is 35.9 Å². The molecule has 1 aromatic carbocycles. The summed E-state index contributed by atoms with van der Waals surface area (Å²) < 4.78 is 5.14. The van der Waals surface area contributed by atoms with Gasteiger partial charge < -0.3 is 15.0 Å². The summed E-state index contributed by atoms with van der Waals surface area (Å²) in [5.74, 6) is 0.0250. The van der Waals surface area contributed by atoms with Crippen LogP contribution in [0.25, 0.3) is 0 Å². The molecule has 0 aromatic heterocycles. The average Bonchev–Trinajstić information content (AvgIpc) is 2.43. The minimum atomic E-state index is -0.528. The fourth-order valence-corrected chi connectivity index (χ4v) is 2.17. The molecule has 4 heteroatoms. The smallest absolute Gasteiger partial charge is 0.228 e. The van der Waals surface area contributed by atoms with Gasteiger partial charge in [0, 0.05) is 7.11 Å². The second-order valence-corrected chi connectivity index (χ2v) is 6.35. The lowest BCUT2D eigenvalue weighted by atomic mass is 9.92. The Morgan fingerprint density at radius 2 is 1.90 bits per heavy atom. The highest BCUT2D eigenvalue weighted by Crippen LogP contribution is 2.21. The fraction of sp³-hybridized carbons (Fsp3) is 0.588. The number of nitrogens with one attached hydrogen (secondary N) is 1. The molecular formula is C17H28N2O2. The highest BCUT2D eigenvalue weighted by Gasteiger charge is 2.29. The van der Waals surface area contributed by atoms with Crippen LogP contribution in [-0.4, -0.2) is 45.2 Å². The molecule has 4 nitrogen and oxygen atoms in total. The third-order valence-electron chi connectivity index (χ3n) is 3.49. The number of amides is 1. The van der Waals surface area contributed by atoms with E-state index in [4.69, 9.17) is 4.74 Å². The SMILES string of the molecule is COCC(C)(C)C(=O)NC(CCN(C)C)c1ccccc1. The molecule has 0 heterocycles. The Kier molecular flexibility index (Phi) is 6.85. The van der Waals surface area contributed by atoms with Crippen LogP contribution in [0.15, 0.2) is 30.3 Å². The standard InChI is InChI=1S/C17H28N2O2/c1-17(2,13-21-5)16(20)18-15(11-12-19(3)4)14-9-7-6-8-10-14/h6-10,15H,11-13H2,1-5H3,(H,18,20). The molecule has 0 fully saturated rings. The van der Waals surface area contributed by atoms with E-state index in [0.29, 0.717) is 6.61 Å². The van der Waals surface area contributed by atoms with E-state index in [1.54, 1.807) is 7.11 Å². The first-order valence-corrected chi connectivity index (χ1v) is 7.36. The zero-order chi connectivity index (χ0) is 15.9. The summed E-state index contributed by atoms with van der Waals surface area (Å²) in [5.41, 5.74) is 0.612. The third kappa shape index (κ3) is 5.86. The number of carbonyl (C=O) groups is 1. The topological polar surface area (TPSA) is 41.6 Å². The van der Waals surface area contributed by atoms with Crippen LogP contribution in [0.4, 0.5) is 0 Å². The van der Waals surface area contributed by atoms with E-state index in [1.165, 1.54) is 0 Å². The Balaban J connectivity index is 2.80. The molecule has 1 amide bonds. The van der Waals surface area contributed by atoms with Gasteiger partial charge in [0.1, 0.15) is 0 Å². The molecule has 0 spiro atoms. The van der Waals surface area contributed by atoms with E-state index in [0.717, 1.165) is 18.5 Å². The zero-order valence-corrected chi connectivity index (χ0v) is 13.8. The molecule has 0 aliphatic carbocycles. The van der Waals surface area contributed by atoms with Gasteiger partial charge >= 0.3 is 0 Å². The minimum Gasteiger partial charge on any atom is -0.384 e. The number of benzene rings is 1. The van der Waals surface area contributed by atoms with Gasteiger partial charge in [-0.05, 0) is 46.5 Å². The van der Waals surface area contributed by atoms with Gasteiger partial charge in [0.2, 0.25) is 5.91 Å². The van der Waals surface area contributed by atoms with Gasteiger partial charge in [-0.3, -0.25) is 4.79 Å². The summed E-state index contributed by atoms with van der Waals surface area (Å²) in [6.45, 7) is 5.14. The molecule has 0 radical (unpaired) electrons. The number of carbonyl (C=O) groups excluding carboxylic acids is 1. The van der Waals surface area contributed by atoms with E-state index in [9.17, 15) is 4.79 Å². The first kappa shape index (κ1) is 17.7. The van der Waals surface area contributed by atoms with Crippen LogP contribution in [0.3, 0.4) is 0 Å². The van der Waals surface area contributed by atoms with Gasteiger partial charge in [0.25, 0.3) is 0 Å². The van der Waals surface area contributed by atoms with E-state index in [2.05, 4.69) is 22.3 Å². The van der Waals surface area contributed by atoms with Gasteiger partial charge in [0.05, 0.1) is 18.1 Å². The molecule has 21 heavy (non-hydrogen) atoms. The van der Waals surface area contributed by atoms with Crippen molar-refractivity contribution in [1.82, 2.24) is 10.2 Å². The Labute approximate surface area is 128 Å². The van der Waals surface area contributed by atoms with E-state index in [1.807, 2.05) is 46.1 Å². The third-order valence-corrected chi connectivity index (χ3v) is 3.49. The van der Waals surface area contributed by atoms with Crippen LogP contribution < -0.4 is 5.32 Å². The van der Waals surface area contributed by atoms with E-state index >= 15 is 0 Å². The lowest BCUT2D eigenvalue weighted by Gasteiger charge is -2.27. The molecule has 1 unspecified atom stereocenters. The first-order chi connectivity index (χ1) is 9.86. The Bertz CT molecular complexity index is 430. The highest BCUT2D eigenvalue weighted by atomic mass is 16.5. The average molecular weight is 292 g/mol. The number of hydrogen-bond donors (Lipinski definition) is 1. The predicted molar refractivity (Wildman–Crippen MR) is 86.2 cm³/mol. The largest absolute Gasteiger partial charge is 0.384 e. The van der Waals surface area contributed by atoms with Crippen LogP contribution in [-0.2, 0) is 9.53 Å². The van der Waals surface area contributed by atoms with Gasteiger partial charge in [-0.15, -0.1) is 0 Å². The number of hydrogen-bond acceptors (Lipinski definition) is 3. The van der Waals surface area contributed by atoms with Crippen LogP contribution in [0.1, 0.15) is 31.9 Å². The lowest BCUT2D eigenvalue weighted by molar-refractivity contribution is -0.132. The Morgan fingerprint density at radius 1 is 1.29 bits per heavy atom. The van der Waals surface area contributed by atoms with Crippen molar-refractivity contribution in [2.24, 2.45) is 5.41 Å². The molecule has 1 atom stereocenters. The molecule has 0 aliphatic heterocycles. The maximum absolute atomic E-state index is 12.5. The van der Waals surface area contributed by atoms with Crippen molar-refractivity contribution in [1.29, 1.82) is 0 Å². The first-order valence-electron chi connectivity index (χ1n) is 7.36. The number of rotatable bonds is 8. The normalized spacial score (nSPS) is 13.2. The van der Waals surface area contributed by atoms with Gasteiger partial charge in [0.15, 0.2) is 0 Å². The molecule has 118 valence electrons. The Hall–Kier alpha value is -1.39. The second-order valence-electron chi connectivity index (χ2n) is 6.35. The van der Waals surface area contributed by atoms with Crippen LogP contribution in [0.2, 0.25) is 0 Å². The summed E-state index contributed by atoms with van der Waals surface area (Å²) in [7, 11) is 5.70. The number of ether oxygens (including phenoxy) is 1. The maximum Gasteiger partial charge on any atom is 0.228 e. The molecule has 0 saturated carbocycles. The molecule has 1 N–H and O–H groups in total. The summed E-state index contributed by atoms with van der Waals surface area (Å²) >= 11 is 0. The van der Waals surface area contributed by atoms with Gasteiger partial charge in [-0.2, -0.15) is 0 Å². The summed E-state index contributed by atoms with van der Waals surface area (Å²) in [6, 6.07) is 10.1. The van der Waals surface area contributed by atoms with Gasteiger partial charge in [-0.1, -0.05) is 30.3 Å².